The van der Waals surface area contributed by atoms with Gasteiger partial charge in [0.05, 0.1) is 18.0 Å². The van der Waals surface area contributed by atoms with Crippen molar-refractivity contribution in [1.82, 2.24) is 9.78 Å². The van der Waals surface area contributed by atoms with Crippen LogP contribution < -0.4 is 0 Å². The first kappa shape index (κ1) is 9.98. The van der Waals surface area contributed by atoms with E-state index in [9.17, 15) is 8.42 Å². The molecule has 1 aliphatic carbocycles. The molecule has 4 nitrogen and oxygen atoms in total. The number of nitrogens with zero attached hydrogens (tertiary/aromatic N) is 2. The fourth-order valence-electron chi connectivity index (χ4n) is 1.29. The van der Waals surface area contributed by atoms with E-state index in [1.165, 1.54) is 12.8 Å². The van der Waals surface area contributed by atoms with Crippen molar-refractivity contribution in [2.45, 2.75) is 25.3 Å². The highest BCUT2D eigenvalue weighted by molar-refractivity contribution is 8.13. The van der Waals surface area contributed by atoms with Gasteiger partial charge in [0.15, 0.2) is 0 Å². The quantitative estimate of drug-likeness (QED) is 0.739. The van der Waals surface area contributed by atoms with Crippen LogP contribution >= 0.6 is 10.7 Å². The van der Waals surface area contributed by atoms with Gasteiger partial charge in [0.2, 0.25) is 9.05 Å². The Morgan fingerprint density at radius 2 is 2.29 bits per heavy atom. The van der Waals surface area contributed by atoms with E-state index in [2.05, 4.69) is 5.10 Å². The summed E-state index contributed by atoms with van der Waals surface area (Å²) in [6.07, 6.45) is 6.41. The van der Waals surface area contributed by atoms with Crippen molar-refractivity contribution in [2.75, 3.05) is 5.75 Å². The van der Waals surface area contributed by atoms with Crippen molar-refractivity contribution in [2.24, 2.45) is 0 Å². The maximum Gasteiger partial charge on any atom is 0.232 e. The van der Waals surface area contributed by atoms with Crippen molar-refractivity contribution in [1.29, 1.82) is 0 Å². The van der Waals surface area contributed by atoms with Gasteiger partial charge in [-0.15, -0.1) is 0 Å². The second-order valence-corrected chi connectivity index (χ2v) is 6.45. The van der Waals surface area contributed by atoms with Crippen LogP contribution in [0.1, 0.15) is 24.4 Å². The first-order valence-electron chi connectivity index (χ1n) is 4.50. The van der Waals surface area contributed by atoms with Crippen LogP contribution in [0, 0.1) is 0 Å². The van der Waals surface area contributed by atoms with E-state index >= 15 is 0 Å². The molecule has 1 aromatic rings. The zero-order chi connectivity index (χ0) is 10.2. The van der Waals surface area contributed by atoms with Crippen LogP contribution in [-0.4, -0.2) is 24.0 Å². The third-order valence-electron chi connectivity index (χ3n) is 2.21. The molecule has 1 saturated carbocycles. The van der Waals surface area contributed by atoms with Gasteiger partial charge in [-0.2, -0.15) is 5.10 Å². The smallest absolute Gasteiger partial charge is 0.232 e. The van der Waals surface area contributed by atoms with E-state index in [4.69, 9.17) is 10.7 Å². The first-order chi connectivity index (χ1) is 6.54. The Balaban J connectivity index is 1.96. The number of aromatic nitrogens is 2. The van der Waals surface area contributed by atoms with Gasteiger partial charge in [-0.25, -0.2) is 8.42 Å². The van der Waals surface area contributed by atoms with Crippen molar-refractivity contribution in [3.8, 4) is 0 Å². The minimum Gasteiger partial charge on any atom is -0.269 e. The summed E-state index contributed by atoms with van der Waals surface area (Å²) in [6.45, 7) is 0. The zero-order valence-corrected chi connectivity index (χ0v) is 9.13. The second-order valence-electron chi connectivity index (χ2n) is 3.55. The van der Waals surface area contributed by atoms with E-state index in [-0.39, 0.29) is 5.75 Å². The lowest BCUT2D eigenvalue weighted by atomic mass is 10.3. The lowest BCUT2D eigenvalue weighted by molar-refractivity contribution is 0.608. The number of halogens is 1. The van der Waals surface area contributed by atoms with Gasteiger partial charge in [0.25, 0.3) is 0 Å². The minimum absolute atomic E-state index is 0.0229. The van der Waals surface area contributed by atoms with Gasteiger partial charge >= 0.3 is 0 Å². The number of aryl methyl sites for hydroxylation is 1. The summed E-state index contributed by atoms with van der Waals surface area (Å²) in [5.74, 6) is -0.0229. The van der Waals surface area contributed by atoms with Crippen LogP contribution in [-0.2, 0) is 15.5 Å². The molecule has 1 aromatic heterocycles. The average Bonchev–Trinajstić information content (AvgIpc) is 2.81. The van der Waals surface area contributed by atoms with E-state index in [1.54, 1.807) is 6.20 Å². The lowest BCUT2D eigenvalue weighted by Gasteiger charge is -1.94. The Kier molecular flexibility index (Phi) is 2.53. The standard InChI is InChI=1S/C8H11ClN2O2S/c9-14(12,13)4-3-7-5-10-11(6-7)8-1-2-8/h5-6,8H,1-4H2. The van der Waals surface area contributed by atoms with Gasteiger partial charge in [-0.3, -0.25) is 4.68 Å². The van der Waals surface area contributed by atoms with Crippen LogP contribution in [0.4, 0.5) is 0 Å². The highest BCUT2D eigenvalue weighted by Gasteiger charge is 2.24. The first-order valence-corrected chi connectivity index (χ1v) is 6.98. The largest absolute Gasteiger partial charge is 0.269 e. The molecule has 1 heterocycles. The molecule has 0 aromatic carbocycles. The highest BCUT2D eigenvalue weighted by atomic mass is 35.7. The summed E-state index contributed by atoms with van der Waals surface area (Å²) >= 11 is 0. The maximum absolute atomic E-state index is 10.7. The summed E-state index contributed by atoms with van der Waals surface area (Å²) < 4.78 is 23.3. The fraction of sp³-hybridized carbons (Fsp3) is 0.625. The third kappa shape index (κ3) is 2.72. The number of hydrogen-bond donors (Lipinski definition) is 0. The molecule has 0 amide bonds. The van der Waals surface area contributed by atoms with Gasteiger partial charge in [-0.05, 0) is 24.8 Å². The van der Waals surface area contributed by atoms with Crippen molar-refractivity contribution >= 4 is 19.7 Å². The maximum atomic E-state index is 10.7. The molecular weight excluding hydrogens is 224 g/mol. The molecule has 1 aliphatic rings. The lowest BCUT2D eigenvalue weighted by Crippen LogP contribution is -2.00. The molecule has 1 fully saturated rings. The summed E-state index contributed by atoms with van der Waals surface area (Å²) in [7, 11) is 1.73. The molecule has 0 saturated heterocycles. The third-order valence-corrected chi connectivity index (χ3v) is 3.37. The zero-order valence-electron chi connectivity index (χ0n) is 7.56. The van der Waals surface area contributed by atoms with E-state index in [0.29, 0.717) is 12.5 Å². The topological polar surface area (TPSA) is 52.0 Å². The molecule has 6 heteroatoms. The molecule has 0 bridgehead atoms. The van der Waals surface area contributed by atoms with Gasteiger partial charge < -0.3 is 0 Å². The highest BCUT2D eigenvalue weighted by Crippen LogP contribution is 2.34. The van der Waals surface area contributed by atoms with Crippen LogP contribution in [0.25, 0.3) is 0 Å². The van der Waals surface area contributed by atoms with Crippen molar-refractivity contribution < 1.29 is 8.42 Å². The van der Waals surface area contributed by atoms with Gasteiger partial charge in [0, 0.05) is 16.9 Å². The Morgan fingerprint density at radius 1 is 1.57 bits per heavy atom. The van der Waals surface area contributed by atoms with Crippen LogP contribution in [0.5, 0.6) is 0 Å². The molecule has 14 heavy (non-hydrogen) atoms. The molecule has 0 radical (unpaired) electrons. The molecule has 0 N–H and O–H groups in total. The predicted octanol–water partition coefficient (Wildman–Crippen LogP) is 1.33. The van der Waals surface area contributed by atoms with Crippen LogP contribution in [0.3, 0.4) is 0 Å². The molecule has 0 unspecified atom stereocenters. The predicted molar refractivity (Wildman–Crippen MR) is 53.8 cm³/mol. The molecule has 78 valence electrons. The summed E-state index contributed by atoms with van der Waals surface area (Å²) in [5.41, 5.74) is 0.932. The van der Waals surface area contributed by atoms with Gasteiger partial charge in [0.1, 0.15) is 0 Å². The monoisotopic (exact) mass is 234 g/mol. The number of rotatable bonds is 4. The summed E-state index contributed by atoms with van der Waals surface area (Å²) in [4.78, 5) is 0. The van der Waals surface area contributed by atoms with Gasteiger partial charge in [-0.1, -0.05) is 0 Å². The van der Waals surface area contributed by atoms with E-state index < -0.39 is 9.05 Å². The summed E-state index contributed by atoms with van der Waals surface area (Å²) in [5, 5.41) is 4.16. The average molecular weight is 235 g/mol. The Labute approximate surface area is 87.3 Å². The second kappa shape index (κ2) is 3.55. The molecule has 0 atom stereocenters. The van der Waals surface area contributed by atoms with Crippen LogP contribution in [0.15, 0.2) is 12.4 Å². The van der Waals surface area contributed by atoms with E-state index in [0.717, 1.165) is 5.56 Å². The SMILES string of the molecule is O=S(=O)(Cl)CCc1cnn(C2CC2)c1. The Bertz CT molecular complexity index is 422. The minimum atomic E-state index is -3.38. The fourth-order valence-corrected chi connectivity index (χ4v) is 2.00. The van der Waals surface area contributed by atoms with E-state index in [1.807, 2.05) is 10.9 Å². The molecule has 0 spiro atoms. The molecule has 2 rings (SSSR count). The summed E-state index contributed by atoms with van der Waals surface area (Å²) in [6, 6.07) is 0.538. The van der Waals surface area contributed by atoms with Crippen molar-refractivity contribution in [3.05, 3.63) is 18.0 Å². The van der Waals surface area contributed by atoms with Crippen molar-refractivity contribution in [3.63, 3.8) is 0 Å². The molecular formula is C8H11ClN2O2S. The van der Waals surface area contributed by atoms with Crippen LogP contribution in [0.2, 0.25) is 0 Å². The Hall–Kier alpha value is -0.550. The Morgan fingerprint density at radius 3 is 2.86 bits per heavy atom. The molecule has 0 aliphatic heterocycles. The number of hydrogen-bond acceptors (Lipinski definition) is 3. The normalized spacial score (nSPS) is 17.2.